The van der Waals surface area contributed by atoms with Crippen molar-refractivity contribution in [1.29, 1.82) is 0 Å². The van der Waals surface area contributed by atoms with E-state index in [2.05, 4.69) is 0 Å². The van der Waals surface area contributed by atoms with E-state index in [-0.39, 0.29) is 6.61 Å². The minimum Gasteiger partial charge on any atom is -0.488 e. The summed E-state index contributed by atoms with van der Waals surface area (Å²) in [7, 11) is 0. The van der Waals surface area contributed by atoms with Gasteiger partial charge in [0.2, 0.25) is 0 Å². The molecule has 0 aromatic heterocycles. The minimum absolute atomic E-state index is 0.271. The zero-order valence-electron chi connectivity index (χ0n) is 6.64. The van der Waals surface area contributed by atoms with Crippen molar-refractivity contribution < 1.29 is 4.74 Å². The fraction of sp³-hybridized carbons (Fsp3) is 0.111. The van der Waals surface area contributed by atoms with Crippen LogP contribution < -0.4 is 4.74 Å². The zero-order chi connectivity index (χ0) is 9.68. The molecule has 1 rings (SSSR count). The zero-order valence-corrected chi connectivity index (χ0v) is 8.90. The molecule has 0 spiro atoms. The Kier molecular flexibility index (Phi) is 4.43. The van der Waals surface area contributed by atoms with Gasteiger partial charge in [0.1, 0.15) is 12.4 Å². The molecule has 0 aliphatic carbocycles. The summed E-state index contributed by atoms with van der Waals surface area (Å²) in [5.74, 6) is 0.709. The number of halogens is 3. The Labute approximate surface area is 91.9 Å². The van der Waals surface area contributed by atoms with Gasteiger partial charge in [0, 0.05) is 10.6 Å². The Morgan fingerprint density at radius 1 is 1.31 bits per heavy atom. The number of ether oxygens (including phenoxy) is 1. The van der Waals surface area contributed by atoms with Gasteiger partial charge in [-0.25, -0.2) is 0 Å². The second kappa shape index (κ2) is 5.38. The molecular weight excluding hydrogens is 230 g/mol. The molecule has 4 heteroatoms. The summed E-state index contributed by atoms with van der Waals surface area (Å²) in [5, 5.41) is 1.13. The number of benzene rings is 1. The van der Waals surface area contributed by atoms with Gasteiger partial charge in [0.25, 0.3) is 0 Å². The molecule has 0 N–H and O–H groups in total. The molecule has 1 aromatic carbocycles. The summed E-state index contributed by atoms with van der Waals surface area (Å²) in [6.45, 7) is 0.271. The largest absolute Gasteiger partial charge is 0.488 e. The van der Waals surface area contributed by atoms with Crippen LogP contribution in [0.4, 0.5) is 0 Å². The van der Waals surface area contributed by atoms with E-state index < -0.39 is 0 Å². The van der Waals surface area contributed by atoms with Crippen LogP contribution in [0.2, 0.25) is 5.02 Å². The highest BCUT2D eigenvalue weighted by Gasteiger charge is 1.95. The van der Waals surface area contributed by atoms with Crippen LogP contribution in [0.25, 0.3) is 0 Å². The first-order chi connectivity index (χ1) is 6.22. The molecule has 0 unspecified atom stereocenters. The monoisotopic (exact) mass is 236 g/mol. The second-order valence-electron chi connectivity index (χ2n) is 2.30. The molecule has 0 amide bonds. The summed E-state index contributed by atoms with van der Waals surface area (Å²) in [4.78, 5) is 0. The highest BCUT2D eigenvalue weighted by Crippen LogP contribution is 2.16. The average Bonchev–Trinajstić information content (AvgIpc) is 2.16. The van der Waals surface area contributed by atoms with Crippen LogP contribution in [0.15, 0.2) is 34.8 Å². The van der Waals surface area contributed by atoms with Gasteiger partial charge < -0.3 is 4.74 Å². The first-order valence-electron chi connectivity index (χ1n) is 3.55. The molecule has 0 aliphatic heterocycles. The predicted molar refractivity (Wildman–Crippen MR) is 56.7 cm³/mol. The van der Waals surface area contributed by atoms with E-state index in [4.69, 9.17) is 39.5 Å². The van der Waals surface area contributed by atoms with Gasteiger partial charge in [-0.15, -0.1) is 0 Å². The van der Waals surface area contributed by atoms with E-state index in [0.717, 1.165) is 0 Å². The van der Waals surface area contributed by atoms with Crippen LogP contribution in [0, 0.1) is 0 Å². The third-order valence-electron chi connectivity index (χ3n) is 1.31. The molecule has 13 heavy (non-hydrogen) atoms. The van der Waals surface area contributed by atoms with Crippen molar-refractivity contribution in [2.24, 2.45) is 0 Å². The average molecular weight is 238 g/mol. The summed E-state index contributed by atoms with van der Waals surface area (Å²) < 4.78 is 5.27. The first-order valence-corrected chi connectivity index (χ1v) is 4.74. The molecule has 0 fully saturated rings. The van der Waals surface area contributed by atoms with Gasteiger partial charge in [0.15, 0.2) is 0 Å². The number of hydrogen-bond donors (Lipinski definition) is 0. The quantitative estimate of drug-likeness (QED) is 0.771. The lowest BCUT2D eigenvalue weighted by Gasteiger charge is -2.03. The maximum Gasteiger partial charge on any atom is 0.125 e. The van der Waals surface area contributed by atoms with Crippen molar-refractivity contribution in [1.82, 2.24) is 0 Å². The fourth-order valence-electron chi connectivity index (χ4n) is 0.715. The van der Waals surface area contributed by atoms with Gasteiger partial charge in [-0.05, 0) is 24.3 Å². The molecule has 0 radical (unpaired) electrons. The third-order valence-corrected chi connectivity index (χ3v) is 2.15. The number of hydrogen-bond acceptors (Lipinski definition) is 1. The SMILES string of the molecule is ClC=C(Cl)COc1ccc(Cl)cc1. The Balaban J connectivity index is 2.51. The van der Waals surface area contributed by atoms with Crippen molar-refractivity contribution in [2.75, 3.05) is 6.61 Å². The van der Waals surface area contributed by atoms with Gasteiger partial charge in [-0.3, -0.25) is 0 Å². The smallest absolute Gasteiger partial charge is 0.125 e. The van der Waals surface area contributed by atoms with Crippen molar-refractivity contribution in [3.05, 3.63) is 39.9 Å². The second-order valence-corrected chi connectivity index (χ2v) is 3.44. The van der Waals surface area contributed by atoms with Gasteiger partial charge in [-0.1, -0.05) is 34.8 Å². The topological polar surface area (TPSA) is 9.23 Å². The van der Waals surface area contributed by atoms with E-state index in [9.17, 15) is 0 Å². The van der Waals surface area contributed by atoms with Crippen LogP contribution in [0.1, 0.15) is 0 Å². The molecule has 0 aliphatic rings. The Morgan fingerprint density at radius 3 is 2.46 bits per heavy atom. The molecule has 0 saturated carbocycles. The lowest BCUT2D eigenvalue weighted by molar-refractivity contribution is 0.359. The van der Waals surface area contributed by atoms with Crippen LogP contribution in [0.3, 0.4) is 0 Å². The molecule has 0 saturated heterocycles. The van der Waals surface area contributed by atoms with E-state index in [0.29, 0.717) is 15.8 Å². The maximum atomic E-state index is 5.69. The van der Waals surface area contributed by atoms with Crippen LogP contribution >= 0.6 is 34.8 Å². The van der Waals surface area contributed by atoms with Gasteiger partial charge in [0.05, 0.1) is 5.03 Å². The van der Waals surface area contributed by atoms with Crippen molar-refractivity contribution >= 4 is 34.8 Å². The molecule has 1 aromatic rings. The maximum absolute atomic E-state index is 5.69. The summed E-state index contributed by atoms with van der Waals surface area (Å²) >= 11 is 16.7. The van der Waals surface area contributed by atoms with Crippen LogP contribution in [-0.2, 0) is 0 Å². The Hall–Kier alpha value is -0.370. The van der Waals surface area contributed by atoms with E-state index in [1.54, 1.807) is 24.3 Å². The molecule has 0 bridgehead atoms. The first kappa shape index (κ1) is 10.7. The lowest BCUT2D eigenvalue weighted by Crippen LogP contribution is -1.96. The van der Waals surface area contributed by atoms with Crippen molar-refractivity contribution in [3.8, 4) is 5.75 Å². The fourth-order valence-corrected chi connectivity index (χ4v) is 0.958. The lowest BCUT2D eigenvalue weighted by atomic mass is 10.3. The van der Waals surface area contributed by atoms with Crippen LogP contribution in [0.5, 0.6) is 5.75 Å². The molecule has 0 atom stereocenters. The standard InChI is InChI=1S/C9H7Cl3O/c10-5-8(12)6-13-9-3-1-7(11)2-4-9/h1-5H,6H2. The Morgan fingerprint density at radius 2 is 1.92 bits per heavy atom. The van der Waals surface area contributed by atoms with Gasteiger partial charge >= 0.3 is 0 Å². The molecular formula is C9H7Cl3O. The number of rotatable bonds is 3. The molecule has 0 heterocycles. The van der Waals surface area contributed by atoms with E-state index in [1.165, 1.54) is 5.54 Å². The van der Waals surface area contributed by atoms with Crippen molar-refractivity contribution in [2.45, 2.75) is 0 Å². The highest BCUT2D eigenvalue weighted by molar-refractivity contribution is 6.36. The summed E-state index contributed by atoms with van der Waals surface area (Å²) in [6.07, 6.45) is 0. The minimum atomic E-state index is 0.271. The van der Waals surface area contributed by atoms with E-state index in [1.807, 2.05) is 0 Å². The van der Waals surface area contributed by atoms with Crippen LogP contribution in [-0.4, -0.2) is 6.61 Å². The highest BCUT2D eigenvalue weighted by atomic mass is 35.5. The van der Waals surface area contributed by atoms with E-state index >= 15 is 0 Å². The van der Waals surface area contributed by atoms with Crippen molar-refractivity contribution in [3.63, 3.8) is 0 Å². The Bertz CT molecular complexity index is 292. The molecule has 70 valence electrons. The predicted octanol–water partition coefficient (Wildman–Crippen LogP) is 4.04. The molecule has 1 nitrogen and oxygen atoms in total. The third kappa shape index (κ3) is 3.90. The van der Waals surface area contributed by atoms with Gasteiger partial charge in [-0.2, -0.15) is 0 Å². The normalized spacial score (nSPS) is 11.5. The summed E-state index contributed by atoms with van der Waals surface area (Å²) in [6, 6.07) is 7.02. The summed E-state index contributed by atoms with van der Waals surface area (Å²) in [5.41, 5.74) is 1.28.